The van der Waals surface area contributed by atoms with Gasteiger partial charge in [-0.1, -0.05) is 38.3 Å². The van der Waals surface area contributed by atoms with Crippen molar-refractivity contribution in [2.75, 3.05) is 13.2 Å². The van der Waals surface area contributed by atoms with Crippen molar-refractivity contribution in [1.82, 2.24) is 20.8 Å². The van der Waals surface area contributed by atoms with Gasteiger partial charge in [-0.05, 0) is 49.9 Å². The number of carbonyl (C=O) groups is 1. The molecule has 4 rings (SSSR count). The maximum absolute atomic E-state index is 12.8. The molecular formula is C21H34N4O3. The molecule has 1 aromatic rings. The lowest BCUT2D eigenvalue weighted by molar-refractivity contribution is 0.0502. The lowest BCUT2D eigenvalue weighted by atomic mass is 9.79. The number of rotatable bonds is 5. The molecule has 2 amide bonds. The summed E-state index contributed by atoms with van der Waals surface area (Å²) in [7, 11) is 0. The van der Waals surface area contributed by atoms with Gasteiger partial charge in [0.2, 0.25) is 5.89 Å². The molecule has 4 unspecified atom stereocenters. The van der Waals surface area contributed by atoms with Gasteiger partial charge in [-0.3, -0.25) is 0 Å². The summed E-state index contributed by atoms with van der Waals surface area (Å²) in [5.74, 6) is 3.35. The zero-order valence-corrected chi connectivity index (χ0v) is 17.2. The molecule has 1 aromatic heterocycles. The van der Waals surface area contributed by atoms with Crippen LogP contribution in [0.1, 0.15) is 88.9 Å². The average Bonchev–Trinajstić information content (AvgIpc) is 3.36. The number of aromatic nitrogens is 2. The van der Waals surface area contributed by atoms with E-state index in [0.29, 0.717) is 24.9 Å². The Labute approximate surface area is 167 Å². The van der Waals surface area contributed by atoms with Crippen molar-refractivity contribution < 1.29 is 14.1 Å². The Balaban J connectivity index is 1.40. The number of hydrogen-bond acceptors (Lipinski definition) is 5. The van der Waals surface area contributed by atoms with Crippen LogP contribution in [-0.2, 0) is 4.74 Å². The topological polar surface area (TPSA) is 89.3 Å². The Morgan fingerprint density at radius 2 is 1.86 bits per heavy atom. The number of nitrogens with zero attached hydrogens (tertiary/aromatic N) is 2. The highest BCUT2D eigenvalue weighted by Gasteiger charge is 2.36. The van der Waals surface area contributed by atoms with Crippen LogP contribution in [0.4, 0.5) is 4.79 Å². The van der Waals surface area contributed by atoms with Gasteiger partial charge in [0.25, 0.3) is 0 Å². The summed E-state index contributed by atoms with van der Waals surface area (Å²) in [6, 6.07) is -0.0856. The van der Waals surface area contributed by atoms with Crippen molar-refractivity contribution in [2.45, 2.75) is 83.2 Å². The van der Waals surface area contributed by atoms with Gasteiger partial charge in [-0.25, -0.2) is 4.79 Å². The number of amides is 2. The lowest BCUT2D eigenvalue weighted by Gasteiger charge is -2.33. The molecule has 4 atom stereocenters. The van der Waals surface area contributed by atoms with Crippen molar-refractivity contribution in [3.05, 3.63) is 11.7 Å². The van der Waals surface area contributed by atoms with E-state index < -0.39 is 0 Å². The number of urea groups is 1. The fraction of sp³-hybridized carbons (Fsp3) is 0.857. The summed E-state index contributed by atoms with van der Waals surface area (Å²) < 4.78 is 11.0. The highest BCUT2D eigenvalue weighted by Crippen LogP contribution is 2.42. The van der Waals surface area contributed by atoms with Crippen LogP contribution in [0.2, 0.25) is 0 Å². The van der Waals surface area contributed by atoms with E-state index in [2.05, 4.69) is 20.8 Å². The second-order valence-electron chi connectivity index (χ2n) is 9.15. The number of carbonyl (C=O) groups excluding carboxylic acids is 1. The van der Waals surface area contributed by atoms with E-state index in [1.807, 2.05) is 13.8 Å². The monoisotopic (exact) mass is 390 g/mol. The standard InChI is InChI=1S/C21H34N4O3/c1-13(2)19-24-20(28-25-19)18(15-8-10-27-11-9-15)23-21(26)22-17-7-6-14-4-3-5-16(14)12-17/h13-18H,3-12H2,1-2H3,(H2,22,23,26). The summed E-state index contributed by atoms with van der Waals surface area (Å²) in [6.07, 6.45) is 9.30. The van der Waals surface area contributed by atoms with Crippen LogP contribution in [0.25, 0.3) is 0 Å². The first-order chi connectivity index (χ1) is 13.6. The summed E-state index contributed by atoms with van der Waals surface area (Å²) in [5, 5.41) is 10.5. The molecule has 3 aliphatic rings. The fourth-order valence-corrected chi connectivity index (χ4v) is 5.24. The number of ether oxygens (including phenoxy) is 1. The van der Waals surface area contributed by atoms with E-state index in [0.717, 1.165) is 37.5 Å². The quantitative estimate of drug-likeness (QED) is 0.795. The summed E-state index contributed by atoms with van der Waals surface area (Å²) in [4.78, 5) is 17.4. The minimum atomic E-state index is -0.258. The maximum atomic E-state index is 12.8. The molecule has 2 saturated carbocycles. The van der Waals surface area contributed by atoms with Crippen molar-refractivity contribution in [3.8, 4) is 0 Å². The predicted molar refractivity (Wildman–Crippen MR) is 105 cm³/mol. The van der Waals surface area contributed by atoms with Gasteiger partial charge < -0.3 is 19.9 Å². The van der Waals surface area contributed by atoms with Crippen molar-refractivity contribution in [2.24, 2.45) is 17.8 Å². The van der Waals surface area contributed by atoms with E-state index in [1.54, 1.807) is 0 Å². The third kappa shape index (κ3) is 4.50. The van der Waals surface area contributed by atoms with Gasteiger partial charge in [-0.2, -0.15) is 4.98 Å². The van der Waals surface area contributed by atoms with Crippen LogP contribution in [0, 0.1) is 17.8 Å². The second kappa shape index (κ2) is 8.80. The first kappa shape index (κ1) is 19.7. The van der Waals surface area contributed by atoms with Crippen molar-refractivity contribution in [3.63, 3.8) is 0 Å². The molecule has 2 heterocycles. The molecule has 28 heavy (non-hydrogen) atoms. The van der Waals surface area contributed by atoms with E-state index in [-0.39, 0.29) is 30.0 Å². The van der Waals surface area contributed by atoms with Crippen molar-refractivity contribution >= 4 is 6.03 Å². The predicted octanol–water partition coefficient (Wildman–Crippen LogP) is 3.93. The molecule has 0 radical (unpaired) electrons. The number of hydrogen-bond donors (Lipinski definition) is 2. The summed E-state index contributed by atoms with van der Waals surface area (Å²) >= 11 is 0. The van der Waals surface area contributed by atoms with Gasteiger partial charge in [0.1, 0.15) is 6.04 Å². The number of fused-ring (bicyclic) bond motifs is 1. The molecule has 1 saturated heterocycles. The van der Waals surface area contributed by atoms with Crippen LogP contribution in [0.3, 0.4) is 0 Å². The summed E-state index contributed by atoms with van der Waals surface area (Å²) in [5.41, 5.74) is 0. The molecule has 7 nitrogen and oxygen atoms in total. The highest BCUT2D eigenvalue weighted by molar-refractivity contribution is 5.74. The van der Waals surface area contributed by atoms with Gasteiger partial charge in [0, 0.05) is 25.2 Å². The van der Waals surface area contributed by atoms with E-state index in [9.17, 15) is 4.79 Å². The maximum Gasteiger partial charge on any atom is 0.315 e. The van der Waals surface area contributed by atoms with Gasteiger partial charge >= 0.3 is 6.03 Å². The zero-order valence-electron chi connectivity index (χ0n) is 17.2. The lowest BCUT2D eigenvalue weighted by Crippen LogP contribution is -2.47. The third-order valence-corrected chi connectivity index (χ3v) is 6.89. The smallest absolute Gasteiger partial charge is 0.315 e. The normalized spacial score (nSPS) is 29.5. The van der Waals surface area contributed by atoms with Gasteiger partial charge in [-0.15, -0.1) is 0 Å². The van der Waals surface area contributed by atoms with Crippen molar-refractivity contribution in [1.29, 1.82) is 0 Å². The molecule has 2 aliphatic carbocycles. The average molecular weight is 391 g/mol. The van der Waals surface area contributed by atoms with E-state index in [1.165, 1.54) is 25.7 Å². The molecule has 0 spiro atoms. The molecular weight excluding hydrogens is 356 g/mol. The minimum absolute atomic E-state index is 0.109. The number of nitrogens with one attached hydrogen (secondary N) is 2. The highest BCUT2D eigenvalue weighted by atomic mass is 16.5. The molecule has 3 fully saturated rings. The molecule has 2 N–H and O–H groups in total. The van der Waals surface area contributed by atoms with Gasteiger partial charge in [0.05, 0.1) is 0 Å². The Morgan fingerprint density at radius 1 is 1.07 bits per heavy atom. The molecule has 7 heteroatoms. The Kier molecular flexibility index (Phi) is 6.19. The molecule has 1 aliphatic heterocycles. The van der Waals surface area contributed by atoms with Crippen LogP contribution in [0.5, 0.6) is 0 Å². The van der Waals surface area contributed by atoms with Crippen LogP contribution < -0.4 is 10.6 Å². The Morgan fingerprint density at radius 3 is 2.61 bits per heavy atom. The first-order valence-corrected chi connectivity index (χ1v) is 11.1. The van der Waals surface area contributed by atoms with E-state index >= 15 is 0 Å². The van der Waals surface area contributed by atoms with E-state index in [4.69, 9.17) is 9.26 Å². The van der Waals surface area contributed by atoms with Crippen LogP contribution in [0.15, 0.2) is 4.52 Å². The Bertz CT molecular complexity index is 656. The van der Waals surface area contributed by atoms with Gasteiger partial charge in [0.15, 0.2) is 5.82 Å². The molecule has 0 aromatic carbocycles. The zero-order chi connectivity index (χ0) is 19.5. The molecule has 0 bridgehead atoms. The second-order valence-corrected chi connectivity index (χ2v) is 9.15. The fourth-order valence-electron chi connectivity index (χ4n) is 5.24. The largest absolute Gasteiger partial charge is 0.381 e. The minimum Gasteiger partial charge on any atom is -0.381 e. The SMILES string of the molecule is CC(C)c1noc(C(NC(=O)NC2CCC3CCCC3C2)C2CCOCC2)n1. The first-order valence-electron chi connectivity index (χ1n) is 11.1. The van der Waals surface area contributed by atoms with Crippen LogP contribution in [-0.4, -0.2) is 35.4 Å². The summed E-state index contributed by atoms with van der Waals surface area (Å²) in [6.45, 7) is 5.50. The third-order valence-electron chi connectivity index (χ3n) is 6.89. The Hall–Kier alpha value is -1.63. The molecule has 156 valence electrons. The van der Waals surface area contributed by atoms with Crippen LogP contribution >= 0.6 is 0 Å².